The molecule has 0 amide bonds. The fourth-order valence-electron chi connectivity index (χ4n) is 2.71. The van der Waals surface area contributed by atoms with E-state index < -0.39 is 23.3 Å². The Kier molecular flexibility index (Phi) is 3.36. The van der Waals surface area contributed by atoms with Crippen LogP contribution in [0.15, 0.2) is 18.5 Å². The molecule has 1 fully saturated rings. The third kappa shape index (κ3) is 2.36. The van der Waals surface area contributed by atoms with Crippen LogP contribution in [-0.4, -0.2) is 10.1 Å². The van der Waals surface area contributed by atoms with Crippen LogP contribution in [0, 0.1) is 5.41 Å². The van der Waals surface area contributed by atoms with Gasteiger partial charge in [0.25, 0.3) is 0 Å². The zero-order chi connectivity index (χ0) is 13.4. The highest BCUT2D eigenvalue weighted by atomic mass is 19.4. The van der Waals surface area contributed by atoms with Gasteiger partial charge in [0, 0.05) is 18.0 Å². The van der Waals surface area contributed by atoms with Gasteiger partial charge in [-0.3, -0.25) is 4.98 Å². The molecule has 1 aliphatic carbocycles. The number of alkyl halides is 3. The first-order chi connectivity index (χ1) is 8.34. The van der Waals surface area contributed by atoms with Gasteiger partial charge in [0.05, 0.1) is 11.7 Å². The molecule has 1 aromatic rings. The standard InChI is InChI=1S/C13H16F3NO/c1-12(5-2-3-6-12)11(18)9-8-17-7-4-10(9)13(14,15)16/h4,7-8,11,18H,2-3,5-6H2,1H3. The maximum Gasteiger partial charge on any atom is 0.416 e. The molecule has 0 aliphatic heterocycles. The van der Waals surface area contributed by atoms with Crippen molar-refractivity contribution in [3.8, 4) is 0 Å². The van der Waals surface area contributed by atoms with Crippen molar-refractivity contribution >= 4 is 0 Å². The largest absolute Gasteiger partial charge is 0.416 e. The number of aliphatic hydroxyl groups is 1. The van der Waals surface area contributed by atoms with Crippen LogP contribution in [0.5, 0.6) is 0 Å². The van der Waals surface area contributed by atoms with E-state index in [1.165, 1.54) is 0 Å². The molecule has 0 aromatic carbocycles. The van der Waals surface area contributed by atoms with Gasteiger partial charge < -0.3 is 5.11 Å². The van der Waals surface area contributed by atoms with Crippen molar-refractivity contribution in [3.05, 3.63) is 29.6 Å². The van der Waals surface area contributed by atoms with Crippen molar-refractivity contribution in [2.24, 2.45) is 5.41 Å². The molecule has 1 heterocycles. The summed E-state index contributed by atoms with van der Waals surface area (Å²) in [7, 11) is 0. The molecule has 18 heavy (non-hydrogen) atoms. The smallest absolute Gasteiger partial charge is 0.388 e. The Morgan fingerprint density at radius 2 is 1.94 bits per heavy atom. The molecule has 100 valence electrons. The second-order valence-corrected chi connectivity index (χ2v) is 5.22. The Labute approximate surface area is 104 Å². The predicted molar refractivity (Wildman–Crippen MR) is 60.8 cm³/mol. The molecule has 0 saturated heterocycles. The van der Waals surface area contributed by atoms with Gasteiger partial charge in [-0.25, -0.2) is 0 Å². The monoisotopic (exact) mass is 259 g/mol. The van der Waals surface area contributed by atoms with Gasteiger partial charge in [0.15, 0.2) is 0 Å². The summed E-state index contributed by atoms with van der Waals surface area (Å²) in [5, 5.41) is 10.3. The molecule has 0 radical (unpaired) electrons. The van der Waals surface area contributed by atoms with Crippen LogP contribution in [0.25, 0.3) is 0 Å². The second kappa shape index (κ2) is 4.53. The molecule has 0 bridgehead atoms. The molecule has 5 heteroatoms. The average Bonchev–Trinajstić information content (AvgIpc) is 2.75. The molecule has 1 aromatic heterocycles. The fourth-order valence-corrected chi connectivity index (χ4v) is 2.71. The highest BCUT2D eigenvalue weighted by Gasteiger charge is 2.42. The summed E-state index contributed by atoms with van der Waals surface area (Å²) in [4.78, 5) is 3.72. The fraction of sp³-hybridized carbons (Fsp3) is 0.615. The van der Waals surface area contributed by atoms with E-state index in [1.807, 2.05) is 6.92 Å². The van der Waals surface area contributed by atoms with Crippen molar-refractivity contribution in [1.82, 2.24) is 4.98 Å². The zero-order valence-corrected chi connectivity index (χ0v) is 10.2. The Hall–Kier alpha value is -1.10. The summed E-state index contributed by atoms with van der Waals surface area (Å²) >= 11 is 0. The molecule has 1 aliphatic rings. The van der Waals surface area contributed by atoms with Crippen molar-refractivity contribution in [2.45, 2.75) is 44.9 Å². The first kappa shape index (κ1) is 13.3. The molecule has 2 rings (SSSR count). The summed E-state index contributed by atoms with van der Waals surface area (Å²) < 4.78 is 38.6. The SMILES string of the molecule is CC1(C(O)c2cnccc2C(F)(F)F)CCCC1. The highest BCUT2D eigenvalue weighted by Crippen LogP contribution is 2.49. The molecule has 1 atom stereocenters. The van der Waals surface area contributed by atoms with Gasteiger partial charge in [-0.15, -0.1) is 0 Å². The number of halogens is 3. The number of rotatable bonds is 2. The Morgan fingerprint density at radius 3 is 2.50 bits per heavy atom. The highest BCUT2D eigenvalue weighted by molar-refractivity contribution is 5.29. The van der Waals surface area contributed by atoms with E-state index in [-0.39, 0.29) is 5.56 Å². The first-order valence-corrected chi connectivity index (χ1v) is 6.04. The minimum Gasteiger partial charge on any atom is -0.388 e. The minimum atomic E-state index is -4.45. The molecular weight excluding hydrogens is 243 g/mol. The van der Waals surface area contributed by atoms with E-state index in [4.69, 9.17) is 0 Å². The molecule has 1 unspecified atom stereocenters. The number of hydrogen-bond acceptors (Lipinski definition) is 2. The van der Waals surface area contributed by atoms with Crippen LogP contribution in [0.3, 0.4) is 0 Å². The molecule has 2 nitrogen and oxygen atoms in total. The van der Waals surface area contributed by atoms with Crippen molar-refractivity contribution in [3.63, 3.8) is 0 Å². The van der Waals surface area contributed by atoms with Gasteiger partial charge in [0.1, 0.15) is 0 Å². The van der Waals surface area contributed by atoms with E-state index in [1.54, 1.807) is 0 Å². The van der Waals surface area contributed by atoms with Crippen LogP contribution in [0.1, 0.15) is 49.8 Å². The van der Waals surface area contributed by atoms with Crippen LogP contribution in [0.2, 0.25) is 0 Å². The number of aromatic nitrogens is 1. The Balaban J connectivity index is 2.39. The maximum atomic E-state index is 12.9. The van der Waals surface area contributed by atoms with E-state index in [0.29, 0.717) is 0 Å². The normalized spacial score (nSPS) is 20.9. The number of hydrogen-bond donors (Lipinski definition) is 1. The molecule has 0 spiro atoms. The van der Waals surface area contributed by atoms with Crippen LogP contribution in [-0.2, 0) is 6.18 Å². The lowest BCUT2D eigenvalue weighted by molar-refractivity contribution is -0.140. The summed E-state index contributed by atoms with van der Waals surface area (Å²) in [6.07, 6.45) is 0.0946. The molecule has 1 saturated carbocycles. The molecule has 1 N–H and O–H groups in total. The number of pyridine rings is 1. The number of aliphatic hydroxyl groups excluding tert-OH is 1. The van der Waals surface area contributed by atoms with Gasteiger partial charge in [-0.05, 0) is 24.3 Å². The predicted octanol–water partition coefficient (Wildman–Crippen LogP) is 3.71. The second-order valence-electron chi connectivity index (χ2n) is 5.22. The minimum absolute atomic E-state index is 0.102. The van der Waals surface area contributed by atoms with E-state index in [9.17, 15) is 18.3 Å². The van der Waals surface area contributed by atoms with Crippen molar-refractivity contribution < 1.29 is 18.3 Å². The summed E-state index contributed by atoms with van der Waals surface area (Å²) in [6.45, 7) is 1.85. The summed E-state index contributed by atoms with van der Waals surface area (Å²) in [5.41, 5.74) is -1.35. The van der Waals surface area contributed by atoms with Crippen LogP contribution < -0.4 is 0 Å². The van der Waals surface area contributed by atoms with Gasteiger partial charge in [0.2, 0.25) is 0 Å². The Morgan fingerprint density at radius 1 is 1.33 bits per heavy atom. The zero-order valence-electron chi connectivity index (χ0n) is 10.2. The lowest BCUT2D eigenvalue weighted by Gasteiger charge is -2.31. The van der Waals surface area contributed by atoms with E-state index >= 15 is 0 Å². The summed E-state index contributed by atoms with van der Waals surface area (Å²) in [5.74, 6) is 0. The van der Waals surface area contributed by atoms with Crippen molar-refractivity contribution in [2.75, 3.05) is 0 Å². The first-order valence-electron chi connectivity index (χ1n) is 6.04. The maximum absolute atomic E-state index is 12.9. The Bertz CT molecular complexity index is 424. The van der Waals surface area contributed by atoms with Gasteiger partial charge in [-0.1, -0.05) is 19.8 Å². The third-order valence-corrected chi connectivity index (χ3v) is 3.86. The van der Waals surface area contributed by atoms with E-state index in [0.717, 1.165) is 44.1 Å². The lowest BCUT2D eigenvalue weighted by Crippen LogP contribution is -2.25. The van der Waals surface area contributed by atoms with Crippen LogP contribution >= 0.6 is 0 Å². The van der Waals surface area contributed by atoms with E-state index in [2.05, 4.69) is 4.98 Å². The topological polar surface area (TPSA) is 33.1 Å². The summed E-state index contributed by atoms with van der Waals surface area (Å²) in [6, 6.07) is 0.927. The van der Waals surface area contributed by atoms with Crippen LogP contribution in [0.4, 0.5) is 13.2 Å². The lowest BCUT2D eigenvalue weighted by atomic mass is 9.78. The van der Waals surface area contributed by atoms with Gasteiger partial charge >= 0.3 is 6.18 Å². The third-order valence-electron chi connectivity index (χ3n) is 3.86. The number of nitrogens with zero attached hydrogens (tertiary/aromatic N) is 1. The average molecular weight is 259 g/mol. The van der Waals surface area contributed by atoms with Crippen molar-refractivity contribution in [1.29, 1.82) is 0 Å². The molecular formula is C13H16F3NO. The quantitative estimate of drug-likeness (QED) is 0.878. The van der Waals surface area contributed by atoms with Gasteiger partial charge in [-0.2, -0.15) is 13.2 Å².